The molecule has 37 heavy (non-hydrogen) atoms. The number of carbonyl (C=O) groups is 3. The molecule has 0 fully saturated rings. The van der Waals surface area contributed by atoms with Gasteiger partial charge in [-0.3, -0.25) is 14.4 Å². The van der Waals surface area contributed by atoms with Crippen molar-refractivity contribution in [1.29, 1.82) is 0 Å². The van der Waals surface area contributed by atoms with Gasteiger partial charge in [-0.15, -0.1) is 0 Å². The summed E-state index contributed by atoms with van der Waals surface area (Å²) in [4.78, 5) is 32.9. The van der Waals surface area contributed by atoms with E-state index in [0.29, 0.717) is 19.3 Å². The maximum Gasteiger partial charge on any atom is 0.303 e. The van der Waals surface area contributed by atoms with Gasteiger partial charge >= 0.3 is 17.9 Å². The third kappa shape index (κ3) is 24.2. The van der Waals surface area contributed by atoms with Gasteiger partial charge in [0.1, 0.15) is 0 Å². The molecular formula is C30H56NO6+. The van der Waals surface area contributed by atoms with E-state index >= 15 is 0 Å². The third-order valence-electron chi connectivity index (χ3n) is 7.21. The van der Waals surface area contributed by atoms with Crippen molar-refractivity contribution in [3.8, 4) is 0 Å². The zero-order valence-corrected chi connectivity index (χ0v) is 23.6. The second kappa shape index (κ2) is 24.4. The summed E-state index contributed by atoms with van der Waals surface area (Å²) in [7, 11) is 0. The lowest BCUT2D eigenvalue weighted by Gasteiger charge is -2.39. The highest BCUT2D eigenvalue weighted by Gasteiger charge is 2.26. The number of rotatable bonds is 28. The second-order valence-corrected chi connectivity index (χ2v) is 10.7. The Morgan fingerprint density at radius 3 is 1.19 bits per heavy atom. The molecule has 0 heterocycles. The van der Waals surface area contributed by atoms with Crippen molar-refractivity contribution in [1.82, 2.24) is 0 Å². The van der Waals surface area contributed by atoms with Crippen LogP contribution in [0.1, 0.15) is 135 Å². The highest BCUT2D eigenvalue weighted by atomic mass is 16.4. The predicted octanol–water partition coefficient (Wildman–Crippen LogP) is 7.44. The van der Waals surface area contributed by atoms with E-state index < -0.39 is 17.9 Å². The fourth-order valence-corrected chi connectivity index (χ4v) is 5.01. The standard InChI is InChI=1S/C30H55NO6/c1-2-3-4-5-6-7-8-9-10-11-12-13-17-24-31(25-18-14-21-28(32)33,26-19-15-22-29(34)35)27-20-16-23-30(36)37/h9-10H,2-8,11-27H2,1H3,(H2-,32,33,34,35,36,37)/p+1/b10-9+. The molecule has 7 nitrogen and oxygen atoms in total. The Hall–Kier alpha value is -1.89. The zero-order valence-electron chi connectivity index (χ0n) is 23.6. The third-order valence-corrected chi connectivity index (χ3v) is 7.21. The molecule has 0 spiro atoms. The number of unbranched alkanes of at least 4 members (excludes halogenated alkanes) is 12. The lowest BCUT2D eigenvalue weighted by molar-refractivity contribution is -0.929. The maximum atomic E-state index is 11.0. The van der Waals surface area contributed by atoms with Crippen LogP contribution in [0.3, 0.4) is 0 Å². The smallest absolute Gasteiger partial charge is 0.303 e. The van der Waals surface area contributed by atoms with Gasteiger partial charge in [-0.25, -0.2) is 0 Å². The predicted molar refractivity (Wildman–Crippen MR) is 150 cm³/mol. The van der Waals surface area contributed by atoms with Gasteiger partial charge < -0.3 is 19.8 Å². The Kier molecular flexibility index (Phi) is 23.2. The molecule has 0 saturated carbocycles. The van der Waals surface area contributed by atoms with Crippen LogP contribution in [0.2, 0.25) is 0 Å². The average Bonchev–Trinajstić information content (AvgIpc) is 2.84. The Balaban J connectivity index is 4.65. The van der Waals surface area contributed by atoms with Gasteiger partial charge in [-0.05, 0) is 77.0 Å². The minimum atomic E-state index is -0.773. The molecule has 0 bridgehead atoms. The van der Waals surface area contributed by atoms with E-state index in [9.17, 15) is 14.4 Å². The van der Waals surface area contributed by atoms with Gasteiger partial charge in [0.05, 0.1) is 26.2 Å². The van der Waals surface area contributed by atoms with E-state index in [4.69, 9.17) is 15.3 Å². The summed E-state index contributed by atoms with van der Waals surface area (Å²) < 4.78 is 0.854. The Morgan fingerprint density at radius 1 is 0.486 bits per heavy atom. The molecule has 0 aromatic heterocycles. The van der Waals surface area contributed by atoms with Gasteiger partial charge in [-0.2, -0.15) is 0 Å². The zero-order chi connectivity index (χ0) is 27.6. The molecule has 0 radical (unpaired) electrons. The number of nitrogens with zero attached hydrogens (tertiary/aromatic N) is 1. The van der Waals surface area contributed by atoms with Gasteiger partial charge in [0.2, 0.25) is 0 Å². The summed E-state index contributed by atoms with van der Waals surface area (Å²) in [5, 5.41) is 27.0. The SMILES string of the molecule is CCCCCCCC/C=C/CCCCC[N+](CCCCC(=O)O)(CCCCC(=O)O)CCCCC(=O)O. The van der Waals surface area contributed by atoms with Crippen molar-refractivity contribution in [2.24, 2.45) is 0 Å². The molecule has 0 rings (SSSR count). The molecule has 0 amide bonds. The topological polar surface area (TPSA) is 112 Å². The molecular weight excluding hydrogens is 470 g/mol. The van der Waals surface area contributed by atoms with Crippen LogP contribution in [-0.2, 0) is 14.4 Å². The van der Waals surface area contributed by atoms with Crippen LogP contribution in [0.15, 0.2) is 12.2 Å². The maximum absolute atomic E-state index is 11.0. The summed E-state index contributed by atoms with van der Waals surface area (Å²) in [6.45, 7) is 5.88. The van der Waals surface area contributed by atoms with Crippen LogP contribution in [0.25, 0.3) is 0 Å². The summed E-state index contributed by atoms with van der Waals surface area (Å²) >= 11 is 0. The first kappa shape index (κ1) is 35.1. The molecule has 7 heteroatoms. The number of quaternary nitrogens is 1. The van der Waals surface area contributed by atoms with Crippen LogP contribution in [0, 0.1) is 0 Å². The second-order valence-electron chi connectivity index (χ2n) is 10.7. The molecule has 0 unspecified atom stereocenters. The van der Waals surface area contributed by atoms with Crippen LogP contribution in [0.5, 0.6) is 0 Å². The van der Waals surface area contributed by atoms with Gasteiger partial charge in [0.25, 0.3) is 0 Å². The molecule has 0 aliphatic heterocycles. The first-order valence-electron chi connectivity index (χ1n) is 15.0. The molecule has 0 atom stereocenters. The normalized spacial score (nSPS) is 11.8. The lowest BCUT2D eigenvalue weighted by atomic mass is 10.1. The van der Waals surface area contributed by atoms with Crippen molar-refractivity contribution < 1.29 is 34.2 Å². The number of aliphatic carboxylic acids is 3. The highest BCUT2D eigenvalue weighted by Crippen LogP contribution is 2.19. The van der Waals surface area contributed by atoms with Crippen molar-refractivity contribution in [2.45, 2.75) is 135 Å². The molecule has 0 aromatic rings. The van der Waals surface area contributed by atoms with E-state index in [1.807, 2.05) is 0 Å². The Labute approximate surface area is 225 Å². The lowest BCUT2D eigenvalue weighted by Crippen LogP contribution is -2.51. The first-order valence-corrected chi connectivity index (χ1v) is 15.0. The van der Waals surface area contributed by atoms with Crippen LogP contribution in [-0.4, -0.2) is 63.9 Å². The number of hydrogen-bond acceptors (Lipinski definition) is 3. The minimum Gasteiger partial charge on any atom is -0.481 e. The fraction of sp³-hybridized carbons (Fsp3) is 0.833. The van der Waals surface area contributed by atoms with E-state index in [1.54, 1.807) is 0 Å². The average molecular weight is 527 g/mol. The summed E-state index contributed by atoms with van der Waals surface area (Å²) in [5.74, 6) is -2.32. The van der Waals surface area contributed by atoms with Crippen LogP contribution < -0.4 is 0 Å². The summed E-state index contributed by atoms with van der Waals surface area (Å²) in [6.07, 6.45) is 23.2. The molecule has 0 aromatic carbocycles. The van der Waals surface area contributed by atoms with Crippen molar-refractivity contribution in [3.05, 3.63) is 12.2 Å². The van der Waals surface area contributed by atoms with Crippen molar-refractivity contribution in [2.75, 3.05) is 26.2 Å². The van der Waals surface area contributed by atoms with Gasteiger partial charge in [0.15, 0.2) is 0 Å². The van der Waals surface area contributed by atoms with Crippen molar-refractivity contribution >= 4 is 17.9 Å². The monoisotopic (exact) mass is 526 g/mol. The molecule has 3 N–H and O–H groups in total. The quantitative estimate of drug-likeness (QED) is 0.0555. The Morgan fingerprint density at radius 2 is 0.811 bits per heavy atom. The number of allylic oxidation sites excluding steroid dienone is 2. The van der Waals surface area contributed by atoms with Gasteiger partial charge in [-0.1, -0.05) is 51.2 Å². The van der Waals surface area contributed by atoms with Gasteiger partial charge in [0, 0.05) is 19.3 Å². The molecule has 0 aliphatic rings. The van der Waals surface area contributed by atoms with E-state index in [-0.39, 0.29) is 19.3 Å². The minimum absolute atomic E-state index is 0.170. The largest absolute Gasteiger partial charge is 0.481 e. The number of carboxylic acid groups (broad SMARTS) is 3. The summed E-state index contributed by atoms with van der Waals surface area (Å²) in [6, 6.07) is 0. The van der Waals surface area contributed by atoms with E-state index in [0.717, 1.165) is 75.6 Å². The van der Waals surface area contributed by atoms with Crippen LogP contribution in [0.4, 0.5) is 0 Å². The highest BCUT2D eigenvalue weighted by molar-refractivity contribution is 5.67. The molecule has 216 valence electrons. The molecule has 0 saturated heterocycles. The number of carboxylic acids is 3. The first-order chi connectivity index (χ1) is 17.8. The summed E-state index contributed by atoms with van der Waals surface area (Å²) in [5.41, 5.74) is 0. The Bertz CT molecular complexity index is 564. The van der Waals surface area contributed by atoms with E-state index in [1.165, 1.54) is 44.9 Å². The van der Waals surface area contributed by atoms with Crippen molar-refractivity contribution in [3.63, 3.8) is 0 Å². The fourth-order valence-electron chi connectivity index (χ4n) is 5.01. The molecule has 0 aliphatic carbocycles. The number of hydrogen-bond donors (Lipinski definition) is 3. The van der Waals surface area contributed by atoms with Crippen LogP contribution >= 0.6 is 0 Å². The van der Waals surface area contributed by atoms with E-state index in [2.05, 4.69) is 19.1 Å².